The molecule has 2 N–H and O–H groups in total. The molecule has 1 atom stereocenters. The van der Waals surface area contributed by atoms with Crippen molar-refractivity contribution in [2.45, 2.75) is 24.8 Å². The SMILES string of the molecule is Cc1ccc(CN[C@@H](C[SeH])C(=O)O)cc1. The van der Waals surface area contributed by atoms with Gasteiger partial charge >= 0.3 is 97.4 Å². The number of hydrogen-bond acceptors (Lipinski definition) is 2. The molecule has 0 heterocycles. The van der Waals surface area contributed by atoms with E-state index in [2.05, 4.69) is 21.3 Å². The van der Waals surface area contributed by atoms with E-state index in [9.17, 15) is 4.79 Å². The van der Waals surface area contributed by atoms with Crippen molar-refractivity contribution in [2.24, 2.45) is 0 Å². The summed E-state index contributed by atoms with van der Waals surface area (Å²) < 4.78 is 0. The van der Waals surface area contributed by atoms with Gasteiger partial charge < -0.3 is 0 Å². The van der Waals surface area contributed by atoms with E-state index in [1.54, 1.807) is 0 Å². The number of carbonyl (C=O) groups is 1. The quantitative estimate of drug-likeness (QED) is 0.782. The molecule has 1 aromatic rings. The van der Waals surface area contributed by atoms with Crippen LogP contribution < -0.4 is 5.32 Å². The zero-order chi connectivity index (χ0) is 11.3. The molecule has 0 aromatic heterocycles. The average molecular weight is 272 g/mol. The van der Waals surface area contributed by atoms with Crippen LogP contribution in [-0.4, -0.2) is 33.1 Å². The van der Waals surface area contributed by atoms with Crippen LogP contribution in [0.5, 0.6) is 0 Å². The van der Waals surface area contributed by atoms with Crippen molar-refractivity contribution in [3.63, 3.8) is 0 Å². The summed E-state index contributed by atoms with van der Waals surface area (Å²) in [5.41, 5.74) is 2.31. The number of rotatable bonds is 5. The van der Waals surface area contributed by atoms with Gasteiger partial charge in [0.1, 0.15) is 0 Å². The van der Waals surface area contributed by atoms with Crippen LogP contribution in [0.1, 0.15) is 11.1 Å². The van der Waals surface area contributed by atoms with Crippen LogP contribution in [-0.2, 0) is 11.3 Å². The molecule has 0 aliphatic rings. The summed E-state index contributed by atoms with van der Waals surface area (Å²) in [4.78, 5) is 10.7. The summed E-state index contributed by atoms with van der Waals surface area (Å²) in [6.45, 7) is 2.62. The molecule has 4 heteroatoms. The second kappa shape index (κ2) is 5.91. The Balaban J connectivity index is 2.49. The van der Waals surface area contributed by atoms with E-state index in [4.69, 9.17) is 5.11 Å². The molecule has 0 unspecified atom stereocenters. The Morgan fingerprint density at radius 2 is 2.07 bits per heavy atom. The topological polar surface area (TPSA) is 49.3 Å². The number of benzene rings is 1. The molecule has 1 rings (SSSR count). The first-order valence-corrected chi connectivity index (χ1v) is 6.08. The Hall–Kier alpha value is -0.831. The van der Waals surface area contributed by atoms with Gasteiger partial charge in [-0.3, -0.25) is 0 Å². The third-order valence-corrected chi connectivity index (χ3v) is 2.92. The summed E-state index contributed by atoms with van der Waals surface area (Å²) in [5, 5.41) is 12.3. The molecule has 0 aliphatic carbocycles. The van der Waals surface area contributed by atoms with Crippen molar-refractivity contribution < 1.29 is 9.90 Å². The van der Waals surface area contributed by atoms with Gasteiger partial charge in [-0.15, -0.1) is 0 Å². The van der Waals surface area contributed by atoms with Crippen molar-refractivity contribution in [1.82, 2.24) is 5.32 Å². The van der Waals surface area contributed by atoms with Crippen LogP contribution in [0.4, 0.5) is 0 Å². The van der Waals surface area contributed by atoms with Crippen molar-refractivity contribution in [3.05, 3.63) is 35.4 Å². The molecule has 0 saturated heterocycles. The third kappa shape index (κ3) is 4.04. The van der Waals surface area contributed by atoms with Crippen LogP contribution in [0.3, 0.4) is 0 Å². The number of aryl methyl sites for hydroxylation is 1. The van der Waals surface area contributed by atoms with Gasteiger partial charge in [0, 0.05) is 0 Å². The first-order chi connectivity index (χ1) is 7.13. The van der Waals surface area contributed by atoms with E-state index in [1.807, 2.05) is 31.2 Å². The second-order valence-corrected chi connectivity index (χ2v) is 4.21. The standard InChI is InChI=1S/C11H15NO2Se/c1-8-2-4-9(5-3-8)6-12-10(7-15)11(13)14/h2-5,10,12,15H,6-7H2,1H3,(H,13,14)/t10-/m0/s1. The molecule has 0 bridgehead atoms. The van der Waals surface area contributed by atoms with Crippen molar-refractivity contribution >= 4 is 22.0 Å². The first kappa shape index (κ1) is 12.2. The fourth-order valence-corrected chi connectivity index (χ4v) is 1.78. The Labute approximate surface area is 97.7 Å². The normalized spacial score (nSPS) is 12.4. The Morgan fingerprint density at radius 3 is 2.53 bits per heavy atom. The van der Waals surface area contributed by atoms with Crippen LogP contribution in [0.25, 0.3) is 0 Å². The molecule has 0 aliphatic heterocycles. The molecule has 0 spiro atoms. The molecule has 3 nitrogen and oxygen atoms in total. The summed E-state index contributed by atoms with van der Waals surface area (Å²) in [6.07, 6.45) is 0. The van der Waals surface area contributed by atoms with E-state index in [0.29, 0.717) is 11.9 Å². The second-order valence-electron chi connectivity index (χ2n) is 3.44. The maximum absolute atomic E-state index is 10.7. The molecule has 0 saturated carbocycles. The summed E-state index contributed by atoms with van der Waals surface area (Å²) in [7, 11) is 0. The van der Waals surface area contributed by atoms with Crippen LogP contribution >= 0.6 is 0 Å². The molecule has 0 amide bonds. The van der Waals surface area contributed by atoms with E-state index >= 15 is 0 Å². The predicted octanol–water partition coefficient (Wildman–Crippen LogP) is 0.857. The van der Waals surface area contributed by atoms with E-state index < -0.39 is 12.0 Å². The number of aliphatic carboxylic acids is 1. The van der Waals surface area contributed by atoms with Crippen molar-refractivity contribution in [3.8, 4) is 0 Å². The van der Waals surface area contributed by atoms with E-state index in [0.717, 1.165) is 5.56 Å². The van der Waals surface area contributed by atoms with Gasteiger partial charge in [0.05, 0.1) is 0 Å². The van der Waals surface area contributed by atoms with E-state index in [-0.39, 0.29) is 0 Å². The van der Waals surface area contributed by atoms with Crippen molar-refractivity contribution in [1.29, 1.82) is 0 Å². The van der Waals surface area contributed by atoms with Crippen LogP contribution in [0, 0.1) is 6.92 Å². The molecule has 0 fully saturated rings. The monoisotopic (exact) mass is 273 g/mol. The Morgan fingerprint density at radius 1 is 1.47 bits per heavy atom. The summed E-state index contributed by atoms with van der Waals surface area (Å²) >= 11 is 2.29. The maximum atomic E-state index is 10.7. The number of carboxylic acid groups (broad SMARTS) is 1. The average Bonchev–Trinajstić information content (AvgIpc) is 2.21. The fraction of sp³-hybridized carbons (Fsp3) is 0.364. The van der Waals surface area contributed by atoms with Gasteiger partial charge in [0.25, 0.3) is 0 Å². The van der Waals surface area contributed by atoms with Gasteiger partial charge in [-0.1, -0.05) is 0 Å². The zero-order valence-electron chi connectivity index (χ0n) is 8.60. The van der Waals surface area contributed by atoms with Gasteiger partial charge in [-0.25, -0.2) is 0 Å². The van der Waals surface area contributed by atoms with Gasteiger partial charge in [-0.05, 0) is 0 Å². The van der Waals surface area contributed by atoms with Crippen LogP contribution in [0.15, 0.2) is 24.3 Å². The predicted molar refractivity (Wildman–Crippen MR) is 61.4 cm³/mol. The van der Waals surface area contributed by atoms with E-state index in [1.165, 1.54) is 5.56 Å². The zero-order valence-corrected chi connectivity index (χ0v) is 10.5. The third-order valence-electron chi connectivity index (χ3n) is 2.15. The fourth-order valence-electron chi connectivity index (χ4n) is 1.18. The Kier molecular flexibility index (Phi) is 4.82. The van der Waals surface area contributed by atoms with Gasteiger partial charge in [-0.2, -0.15) is 0 Å². The summed E-state index contributed by atoms with van der Waals surface area (Å²) in [5.74, 6) is -0.803. The molecular weight excluding hydrogens is 257 g/mol. The summed E-state index contributed by atoms with van der Waals surface area (Å²) in [6, 6.07) is 7.58. The number of hydrogen-bond donors (Lipinski definition) is 2. The van der Waals surface area contributed by atoms with Gasteiger partial charge in [0.15, 0.2) is 0 Å². The Bertz CT molecular complexity index is 324. The minimum atomic E-state index is -0.803. The molecule has 1 aromatic carbocycles. The number of carboxylic acids is 1. The first-order valence-electron chi connectivity index (χ1n) is 4.76. The van der Waals surface area contributed by atoms with Crippen molar-refractivity contribution in [2.75, 3.05) is 0 Å². The molecule has 82 valence electrons. The van der Waals surface area contributed by atoms with Crippen LogP contribution in [0.2, 0.25) is 5.32 Å². The molecule has 0 radical (unpaired) electrons. The minimum absolute atomic E-state index is 0.480. The molecular formula is C11H15NO2Se. The molecule has 15 heavy (non-hydrogen) atoms. The number of nitrogens with one attached hydrogen (secondary N) is 1. The van der Waals surface area contributed by atoms with Gasteiger partial charge in [0.2, 0.25) is 0 Å².